The van der Waals surface area contributed by atoms with E-state index in [4.69, 9.17) is 4.74 Å². The number of carbonyl (C=O) groups is 1. The normalized spacial score (nSPS) is 11.1. The predicted molar refractivity (Wildman–Crippen MR) is 102 cm³/mol. The van der Waals surface area contributed by atoms with Crippen LogP contribution in [-0.2, 0) is 16.4 Å². The smallest absolute Gasteiger partial charge is 0.255 e. The molecule has 7 nitrogen and oxygen atoms in total. The SMILES string of the molecule is CS(=O)(=O)c1cccc(C(=O)Nc2ccccc2OCCn2ccnc2)c1. The number of benzene rings is 2. The van der Waals surface area contributed by atoms with E-state index in [2.05, 4.69) is 10.3 Å². The van der Waals surface area contributed by atoms with E-state index in [1.165, 1.54) is 12.1 Å². The predicted octanol–water partition coefficient (Wildman–Crippen LogP) is 2.62. The van der Waals surface area contributed by atoms with E-state index in [0.29, 0.717) is 24.6 Å². The minimum atomic E-state index is -3.39. The maximum atomic E-state index is 12.5. The van der Waals surface area contributed by atoms with Crippen LogP contribution in [0.3, 0.4) is 0 Å². The van der Waals surface area contributed by atoms with E-state index < -0.39 is 15.7 Å². The molecule has 1 heterocycles. The van der Waals surface area contributed by atoms with Gasteiger partial charge in [-0.25, -0.2) is 13.4 Å². The van der Waals surface area contributed by atoms with Crippen LogP contribution < -0.4 is 10.1 Å². The Hall–Kier alpha value is -3.13. The molecule has 0 spiro atoms. The molecule has 0 aliphatic heterocycles. The number of nitrogens with one attached hydrogen (secondary N) is 1. The maximum Gasteiger partial charge on any atom is 0.255 e. The number of ether oxygens (including phenoxy) is 1. The second-order valence-corrected chi connectivity index (χ2v) is 7.91. The Kier molecular flexibility index (Phi) is 5.56. The van der Waals surface area contributed by atoms with Gasteiger partial charge in [0.1, 0.15) is 12.4 Å². The molecule has 0 fully saturated rings. The van der Waals surface area contributed by atoms with Gasteiger partial charge in [0.05, 0.1) is 23.5 Å². The summed E-state index contributed by atoms with van der Waals surface area (Å²) in [6.45, 7) is 1.03. The molecule has 0 bridgehead atoms. The van der Waals surface area contributed by atoms with Gasteiger partial charge in [0.15, 0.2) is 9.84 Å². The fourth-order valence-corrected chi connectivity index (χ4v) is 3.11. The molecule has 3 rings (SSSR count). The Morgan fingerprint density at radius 2 is 2.00 bits per heavy atom. The highest BCUT2D eigenvalue weighted by Gasteiger charge is 2.13. The summed E-state index contributed by atoms with van der Waals surface area (Å²) in [4.78, 5) is 16.6. The molecule has 0 unspecified atom stereocenters. The van der Waals surface area contributed by atoms with Gasteiger partial charge in [-0.2, -0.15) is 0 Å². The topological polar surface area (TPSA) is 90.3 Å². The molecule has 2 aromatic carbocycles. The number of anilines is 1. The molecule has 1 N–H and O–H groups in total. The molecule has 3 aromatic rings. The Morgan fingerprint density at radius 3 is 2.74 bits per heavy atom. The van der Waals surface area contributed by atoms with E-state index in [0.717, 1.165) is 6.26 Å². The molecular weight excluding hydrogens is 366 g/mol. The second kappa shape index (κ2) is 8.05. The van der Waals surface area contributed by atoms with Crippen LogP contribution in [0.4, 0.5) is 5.69 Å². The van der Waals surface area contributed by atoms with Crippen molar-refractivity contribution in [2.45, 2.75) is 11.4 Å². The molecule has 140 valence electrons. The lowest BCUT2D eigenvalue weighted by atomic mass is 10.2. The maximum absolute atomic E-state index is 12.5. The zero-order valence-corrected chi connectivity index (χ0v) is 15.5. The number of sulfone groups is 1. The van der Waals surface area contributed by atoms with Crippen molar-refractivity contribution in [3.8, 4) is 5.75 Å². The summed E-state index contributed by atoms with van der Waals surface area (Å²) < 4.78 is 31.0. The molecule has 0 radical (unpaired) electrons. The average Bonchev–Trinajstić information content (AvgIpc) is 3.16. The zero-order valence-electron chi connectivity index (χ0n) is 14.7. The number of para-hydroxylation sites is 2. The van der Waals surface area contributed by atoms with Crippen molar-refractivity contribution in [3.05, 3.63) is 72.8 Å². The molecule has 0 aliphatic carbocycles. The molecule has 0 saturated carbocycles. The third-order valence-electron chi connectivity index (χ3n) is 3.83. The van der Waals surface area contributed by atoms with Gasteiger partial charge in [-0.1, -0.05) is 18.2 Å². The number of amides is 1. The van der Waals surface area contributed by atoms with Crippen molar-refractivity contribution in [2.75, 3.05) is 18.2 Å². The van der Waals surface area contributed by atoms with Crippen molar-refractivity contribution in [3.63, 3.8) is 0 Å². The molecule has 1 aromatic heterocycles. The number of hydrogen-bond donors (Lipinski definition) is 1. The molecule has 1 amide bonds. The Labute approximate surface area is 157 Å². The van der Waals surface area contributed by atoms with E-state index in [1.807, 2.05) is 16.8 Å². The first-order valence-electron chi connectivity index (χ1n) is 8.22. The highest BCUT2D eigenvalue weighted by Crippen LogP contribution is 2.24. The van der Waals surface area contributed by atoms with Crippen LogP contribution in [0.2, 0.25) is 0 Å². The quantitative estimate of drug-likeness (QED) is 0.675. The monoisotopic (exact) mass is 385 g/mol. The minimum absolute atomic E-state index is 0.0972. The van der Waals surface area contributed by atoms with Crippen LogP contribution in [0, 0.1) is 0 Å². The Morgan fingerprint density at radius 1 is 1.19 bits per heavy atom. The highest BCUT2D eigenvalue weighted by molar-refractivity contribution is 7.90. The largest absolute Gasteiger partial charge is 0.490 e. The van der Waals surface area contributed by atoms with Gasteiger partial charge in [0, 0.05) is 24.2 Å². The van der Waals surface area contributed by atoms with Gasteiger partial charge in [-0.05, 0) is 30.3 Å². The number of hydrogen-bond acceptors (Lipinski definition) is 5. The van der Waals surface area contributed by atoms with Crippen molar-refractivity contribution in [1.82, 2.24) is 9.55 Å². The molecule has 0 atom stereocenters. The van der Waals surface area contributed by atoms with Gasteiger partial charge in [-0.3, -0.25) is 4.79 Å². The van der Waals surface area contributed by atoms with Crippen LogP contribution in [0.15, 0.2) is 72.1 Å². The summed E-state index contributed by atoms with van der Waals surface area (Å²) >= 11 is 0. The molecule has 8 heteroatoms. The van der Waals surface area contributed by atoms with Gasteiger partial charge in [-0.15, -0.1) is 0 Å². The molecule has 0 aliphatic rings. The third-order valence-corrected chi connectivity index (χ3v) is 4.94. The summed E-state index contributed by atoms with van der Waals surface area (Å²) in [6.07, 6.45) is 6.34. The lowest BCUT2D eigenvalue weighted by molar-refractivity contribution is 0.102. The van der Waals surface area contributed by atoms with Crippen molar-refractivity contribution >= 4 is 21.4 Å². The lowest BCUT2D eigenvalue weighted by Gasteiger charge is -2.13. The minimum Gasteiger partial charge on any atom is -0.490 e. The summed E-state index contributed by atoms with van der Waals surface area (Å²) in [5.74, 6) is 0.122. The van der Waals surface area contributed by atoms with Crippen LogP contribution in [0.25, 0.3) is 0 Å². The average molecular weight is 385 g/mol. The second-order valence-electron chi connectivity index (χ2n) is 5.90. The van der Waals surface area contributed by atoms with Gasteiger partial charge in [0.2, 0.25) is 0 Å². The van der Waals surface area contributed by atoms with Gasteiger partial charge >= 0.3 is 0 Å². The third kappa shape index (κ3) is 4.95. The van der Waals surface area contributed by atoms with Crippen molar-refractivity contribution in [2.24, 2.45) is 0 Å². The van der Waals surface area contributed by atoms with E-state index in [1.54, 1.807) is 42.9 Å². The van der Waals surface area contributed by atoms with E-state index in [-0.39, 0.29) is 10.5 Å². The fraction of sp³-hybridized carbons (Fsp3) is 0.158. The number of carbonyl (C=O) groups excluding carboxylic acids is 1. The van der Waals surface area contributed by atoms with Crippen molar-refractivity contribution < 1.29 is 17.9 Å². The summed E-state index contributed by atoms with van der Waals surface area (Å²) in [5, 5.41) is 2.77. The molecular formula is C19H19N3O4S. The fourth-order valence-electron chi connectivity index (χ4n) is 2.44. The van der Waals surface area contributed by atoms with Gasteiger partial charge < -0.3 is 14.6 Å². The first-order chi connectivity index (χ1) is 12.9. The van der Waals surface area contributed by atoms with Crippen molar-refractivity contribution in [1.29, 1.82) is 0 Å². The van der Waals surface area contributed by atoms with E-state index >= 15 is 0 Å². The lowest BCUT2D eigenvalue weighted by Crippen LogP contribution is -2.14. The summed E-state index contributed by atoms with van der Waals surface area (Å²) in [6, 6.07) is 13.0. The Bertz CT molecular complexity index is 1030. The van der Waals surface area contributed by atoms with Crippen LogP contribution >= 0.6 is 0 Å². The molecule has 0 saturated heterocycles. The summed E-state index contributed by atoms with van der Waals surface area (Å²) in [7, 11) is -3.39. The number of rotatable bonds is 7. The first kappa shape index (κ1) is 18.7. The number of nitrogens with zero attached hydrogens (tertiary/aromatic N) is 2. The van der Waals surface area contributed by atoms with Crippen LogP contribution in [0.1, 0.15) is 10.4 Å². The highest BCUT2D eigenvalue weighted by atomic mass is 32.2. The van der Waals surface area contributed by atoms with Gasteiger partial charge in [0.25, 0.3) is 5.91 Å². The van der Waals surface area contributed by atoms with Crippen LogP contribution in [0.5, 0.6) is 5.75 Å². The Balaban J connectivity index is 1.71. The van der Waals surface area contributed by atoms with E-state index in [9.17, 15) is 13.2 Å². The first-order valence-corrected chi connectivity index (χ1v) is 10.1. The molecule has 27 heavy (non-hydrogen) atoms. The van der Waals surface area contributed by atoms with Crippen LogP contribution in [-0.4, -0.2) is 36.7 Å². The zero-order chi connectivity index (χ0) is 19.3. The number of aromatic nitrogens is 2. The number of imidazole rings is 1. The standard InChI is InChI=1S/C19H19N3O4S/c1-27(24,25)16-6-4-5-15(13-16)19(23)21-17-7-2-3-8-18(17)26-12-11-22-10-9-20-14-22/h2-10,13-14H,11-12H2,1H3,(H,21,23). The summed E-state index contributed by atoms with van der Waals surface area (Å²) in [5.41, 5.74) is 0.768.